The fourth-order valence-electron chi connectivity index (χ4n) is 0.800. The van der Waals surface area contributed by atoms with Crippen LogP contribution in [-0.4, -0.2) is 11.5 Å². The van der Waals surface area contributed by atoms with Gasteiger partial charge < -0.3 is 5.32 Å². The van der Waals surface area contributed by atoms with Crippen LogP contribution in [0.3, 0.4) is 0 Å². The maximum absolute atomic E-state index is 4.19. The summed E-state index contributed by atoms with van der Waals surface area (Å²) in [5.74, 6) is 0. The number of hydrogen-bond acceptors (Lipinski definition) is 3. The molecule has 3 heteroatoms. The molecule has 0 amide bonds. The van der Waals surface area contributed by atoms with Crippen LogP contribution in [0.15, 0.2) is 23.5 Å². The highest BCUT2D eigenvalue weighted by molar-refractivity contribution is 7.07. The molecule has 0 saturated carbocycles. The lowest BCUT2D eigenvalue weighted by Crippen LogP contribution is -2.18. The standard InChI is InChI=1S/C8H12N2S/c1-3-4-9-7(2)8-5-11-6-10-8/h3,5-7,9H,1,4H2,2H3. The van der Waals surface area contributed by atoms with Gasteiger partial charge in [-0.2, -0.15) is 0 Å². The fraction of sp³-hybridized carbons (Fsp3) is 0.375. The summed E-state index contributed by atoms with van der Waals surface area (Å²) in [6, 6.07) is 0.333. The molecule has 0 aliphatic rings. The first-order chi connectivity index (χ1) is 5.34. The van der Waals surface area contributed by atoms with Crippen LogP contribution in [-0.2, 0) is 0 Å². The Morgan fingerprint density at radius 3 is 3.27 bits per heavy atom. The van der Waals surface area contributed by atoms with Crippen molar-refractivity contribution in [2.45, 2.75) is 13.0 Å². The van der Waals surface area contributed by atoms with Crippen molar-refractivity contribution >= 4 is 11.3 Å². The van der Waals surface area contributed by atoms with Crippen LogP contribution < -0.4 is 5.32 Å². The van der Waals surface area contributed by atoms with Gasteiger partial charge in [0.15, 0.2) is 0 Å². The van der Waals surface area contributed by atoms with Crippen LogP contribution in [0.5, 0.6) is 0 Å². The summed E-state index contributed by atoms with van der Waals surface area (Å²) < 4.78 is 0. The van der Waals surface area contributed by atoms with Crippen molar-refractivity contribution in [1.29, 1.82) is 0 Å². The van der Waals surface area contributed by atoms with Crippen molar-refractivity contribution in [2.75, 3.05) is 6.54 Å². The van der Waals surface area contributed by atoms with Gasteiger partial charge in [-0.1, -0.05) is 6.08 Å². The van der Waals surface area contributed by atoms with Gasteiger partial charge in [0.2, 0.25) is 0 Å². The van der Waals surface area contributed by atoms with Crippen molar-refractivity contribution < 1.29 is 0 Å². The lowest BCUT2D eigenvalue weighted by molar-refractivity contribution is 0.604. The molecule has 60 valence electrons. The third kappa shape index (κ3) is 2.44. The fourth-order valence-corrected chi connectivity index (χ4v) is 1.45. The minimum absolute atomic E-state index is 0.333. The van der Waals surface area contributed by atoms with E-state index in [0.717, 1.165) is 12.2 Å². The van der Waals surface area contributed by atoms with E-state index in [9.17, 15) is 0 Å². The van der Waals surface area contributed by atoms with Gasteiger partial charge in [0, 0.05) is 18.0 Å². The summed E-state index contributed by atoms with van der Waals surface area (Å²) in [6.45, 7) is 6.56. The Kier molecular flexibility index (Phi) is 3.26. The average molecular weight is 168 g/mol. The molecule has 1 N–H and O–H groups in total. The van der Waals surface area contributed by atoms with E-state index in [-0.39, 0.29) is 0 Å². The molecular formula is C8H12N2S. The second-order valence-corrected chi connectivity index (χ2v) is 3.05. The van der Waals surface area contributed by atoms with Gasteiger partial charge in [0.05, 0.1) is 11.2 Å². The third-order valence-corrected chi connectivity index (χ3v) is 2.07. The van der Waals surface area contributed by atoms with Crippen LogP contribution in [0, 0.1) is 0 Å². The summed E-state index contributed by atoms with van der Waals surface area (Å²) in [5.41, 5.74) is 2.96. The lowest BCUT2D eigenvalue weighted by atomic mass is 10.2. The zero-order chi connectivity index (χ0) is 8.10. The highest BCUT2D eigenvalue weighted by Gasteiger charge is 2.03. The molecule has 2 nitrogen and oxygen atoms in total. The summed E-state index contributed by atoms with van der Waals surface area (Å²) in [5, 5.41) is 5.32. The number of aromatic nitrogens is 1. The molecule has 1 aromatic heterocycles. The number of nitrogens with zero attached hydrogens (tertiary/aromatic N) is 1. The van der Waals surface area contributed by atoms with Gasteiger partial charge in [-0.15, -0.1) is 17.9 Å². The van der Waals surface area contributed by atoms with Crippen molar-refractivity contribution in [3.05, 3.63) is 29.2 Å². The molecule has 1 rings (SSSR count). The van der Waals surface area contributed by atoms with E-state index in [1.807, 2.05) is 11.6 Å². The van der Waals surface area contributed by atoms with Crippen molar-refractivity contribution in [3.8, 4) is 0 Å². The highest BCUT2D eigenvalue weighted by atomic mass is 32.1. The van der Waals surface area contributed by atoms with Crippen LogP contribution in [0.2, 0.25) is 0 Å². The molecule has 1 heterocycles. The maximum atomic E-state index is 4.19. The van der Waals surface area contributed by atoms with E-state index < -0.39 is 0 Å². The van der Waals surface area contributed by atoms with E-state index in [0.29, 0.717) is 6.04 Å². The topological polar surface area (TPSA) is 24.9 Å². The summed E-state index contributed by atoms with van der Waals surface area (Å²) in [7, 11) is 0. The molecule has 0 bridgehead atoms. The van der Waals surface area contributed by atoms with Crippen LogP contribution >= 0.6 is 11.3 Å². The van der Waals surface area contributed by atoms with Crippen molar-refractivity contribution in [1.82, 2.24) is 10.3 Å². The number of thiazole rings is 1. The summed E-state index contributed by atoms with van der Waals surface area (Å²) in [4.78, 5) is 4.19. The smallest absolute Gasteiger partial charge is 0.0795 e. The van der Waals surface area contributed by atoms with Gasteiger partial charge >= 0.3 is 0 Å². The molecule has 0 spiro atoms. The Labute approximate surface area is 71.0 Å². The molecule has 0 aromatic carbocycles. The van der Waals surface area contributed by atoms with Gasteiger partial charge in [-0.3, -0.25) is 0 Å². The second-order valence-electron chi connectivity index (χ2n) is 2.33. The molecular weight excluding hydrogens is 156 g/mol. The van der Waals surface area contributed by atoms with E-state index >= 15 is 0 Å². The Morgan fingerprint density at radius 2 is 2.73 bits per heavy atom. The Balaban J connectivity index is 2.42. The maximum Gasteiger partial charge on any atom is 0.0795 e. The van der Waals surface area contributed by atoms with E-state index in [2.05, 4.69) is 29.2 Å². The minimum atomic E-state index is 0.333. The normalized spacial score (nSPS) is 12.8. The second kappa shape index (κ2) is 4.26. The van der Waals surface area contributed by atoms with E-state index in [1.165, 1.54) is 0 Å². The van der Waals surface area contributed by atoms with E-state index in [4.69, 9.17) is 0 Å². The predicted octanol–water partition coefficient (Wildman–Crippen LogP) is 1.98. The summed E-state index contributed by atoms with van der Waals surface area (Å²) in [6.07, 6.45) is 1.85. The molecule has 0 saturated heterocycles. The molecule has 0 aliphatic carbocycles. The monoisotopic (exact) mass is 168 g/mol. The average Bonchev–Trinajstić information content (AvgIpc) is 2.52. The zero-order valence-electron chi connectivity index (χ0n) is 6.58. The van der Waals surface area contributed by atoms with Crippen molar-refractivity contribution in [3.63, 3.8) is 0 Å². The van der Waals surface area contributed by atoms with Crippen molar-refractivity contribution in [2.24, 2.45) is 0 Å². The zero-order valence-corrected chi connectivity index (χ0v) is 7.40. The van der Waals surface area contributed by atoms with E-state index in [1.54, 1.807) is 11.3 Å². The first-order valence-corrected chi connectivity index (χ1v) is 4.51. The molecule has 11 heavy (non-hydrogen) atoms. The predicted molar refractivity (Wildman–Crippen MR) is 48.7 cm³/mol. The molecule has 0 aliphatic heterocycles. The molecule has 1 unspecified atom stereocenters. The quantitative estimate of drug-likeness (QED) is 0.695. The highest BCUT2D eigenvalue weighted by Crippen LogP contribution is 2.10. The Morgan fingerprint density at radius 1 is 1.91 bits per heavy atom. The minimum Gasteiger partial charge on any atom is -0.305 e. The summed E-state index contributed by atoms with van der Waals surface area (Å²) >= 11 is 1.62. The number of rotatable bonds is 4. The molecule has 0 fully saturated rings. The third-order valence-electron chi connectivity index (χ3n) is 1.46. The number of hydrogen-bond donors (Lipinski definition) is 1. The van der Waals surface area contributed by atoms with Gasteiger partial charge in [0.25, 0.3) is 0 Å². The van der Waals surface area contributed by atoms with Crippen LogP contribution in [0.4, 0.5) is 0 Å². The Bertz CT molecular complexity index is 206. The van der Waals surface area contributed by atoms with Gasteiger partial charge in [0.1, 0.15) is 0 Å². The largest absolute Gasteiger partial charge is 0.305 e. The number of nitrogens with one attached hydrogen (secondary N) is 1. The first-order valence-electron chi connectivity index (χ1n) is 3.57. The molecule has 1 aromatic rings. The van der Waals surface area contributed by atoms with Crippen LogP contribution in [0.1, 0.15) is 18.7 Å². The lowest BCUT2D eigenvalue weighted by Gasteiger charge is -2.07. The van der Waals surface area contributed by atoms with Gasteiger partial charge in [-0.05, 0) is 6.92 Å². The SMILES string of the molecule is C=CCNC(C)c1cscn1. The Hall–Kier alpha value is -0.670. The molecule has 0 radical (unpaired) electrons. The first kappa shape index (κ1) is 8.43. The molecule has 1 atom stereocenters. The van der Waals surface area contributed by atoms with Gasteiger partial charge in [-0.25, -0.2) is 4.98 Å². The van der Waals surface area contributed by atoms with Crippen LogP contribution in [0.25, 0.3) is 0 Å².